The van der Waals surface area contributed by atoms with E-state index in [4.69, 9.17) is 5.73 Å². The molecule has 1 fully saturated rings. The lowest BCUT2D eigenvalue weighted by Gasteiger charge is -2.08. The Bertz CT molecular complexity index is 525. The van der Waals surface area contributed by atoms with Crippen LogP contribution in [0.25, 0.3) is 10.4 Å². The number of benzene rings is 1. The van der Waals surface area contributed by atoms with E-state index in [0.717, 1.165) is 11.0 Å². The Morgan fingerprint density at radius 3 is 2.41 bits per heavy atom. The zero-order chi connectivity index (χ0) is 11.9. The van der Waals surface area contributed by atoms with E-state index in [2.05, 4.69) is 52.3 Å². The molecule has 1 aliphatic carbocycles. The van der Waals surface area contributed by atoms with E-state index in [9.17, 15) is 0 Å². The second-order valence-corrected chi connectivity index (χ2v) is 6.65. The fraction of sp³-hybridized carbons (Fsp3) is 0.286. The maximum absolute atomic E-state index is 5.87. The second kappa shape index (κ2) is 4.23. The van der Waals surface area contributed by atoms with Gasteiger partial charge in [-0.3, -0.25) is 0 Å². The van der Waals surface area contributed by atoms with Crippen LogP contribution in [0.4, 0.5) is 0 Å². The summed E-state index contributed by atoms with van der Waals surface area (Å²) in [6.07, 6.45) is 2.51. The van der Waals surface area contributed by atoms with Gasteiger partial charge in [0.1, 0.15) is 0 Å². The Morgan fingerprint density at radius 2 is 1.82 bits per heavy atom. The quantitative estimate of drug-likeness (QED) is 0.905. The highest BCUT2D eigenvalue weighted by Crippen LogP contribution is 2.50. The molecule has 1 aliphatic rings. The van der Waals surface area contributed by atoms with Crippen molar-refractivity contribution in [2.75, 3.05) is 6.54 Å². The van der Waals surface area contributed by atoms with Crippen LogP contribution in [0.1, 0.15) is 17.7 Å². The monoisotopic (exact) mass is 307 g/mol. The van der Waals surface area contributed by atoms with Crippen molar-refractivity contribution in [2.45, 2.75) is 18.3 Å². The summed E-state index contributed by atoms with van der Waals surface area (Å²) in [6, 6.07) is 13.0. The fourth-order valence-electron chi connectivity index (χ4n) is 2.09. The van der Waals surface area contributed by atoms with Gasteiger partial charge in [0.2, 0.25) is 0 Å². The van der Waals surface area contributed by atoms with Gasteiger partial charge >= 0.3 is 0 Å². The van der Waals surface area contributed by atoms with Gasteiger partial charge in [0.05, 0.1) is 0 Å². The molecule has 2 aromatic rings. The largest absolute Gasteiger partial charge is 0.330 e. The predicted octanol–water partition coefficient (Wildman–Crippen LogP) is 4.17. The molecule has 0 unspecified atom stereocenters. The average molecular weight is 308 g/mol. The van der Waals surface area contributed by atoms with Crippen molar-refractivity contribution < 1.29 is 0 Å². The van der Waals surface area contributed by atoms with Crippen LogP contribution in [0.2, 0.25) is 0 Å². The lowest BCUT2D eigenvalue weighted by molar-refractivity contribution is 0.720. The van der Waals surface area contributed by atoms with Crippen LogP contribution in [0.15, 0.2) is 40.9 Å². The van der Waals surface area contributed by atoms with Gasteiger partial charge in [-0.15, -0.1) is 11.3 Å². The van der Waals surface area contributed by atoms with Gasteiger partial charge in [0.25, 0.3) is 0 Å². The first-order valence-corrected chi connectivity index (χ1v) is 7.41. The van der Waals surface area contributed by atoms with Gasteiger partial charge in [0, 0.05) is 26.2 Å². The van der Waals surface area contributed by atoms with Crippen LogP contribution in [0.3, 0.4) is 0 Å². The molecule has 88 valence electrons. The molecular formula is C14H14BrNS. The van der Waals surface area contributed by atoms with E-state index >= 15 is 0 Å². The van der Waals surface area contributed by atoms with Crippen molar-refractivity contribution in [2.24, 2.45) is 5.73 Å². The summed E-state index contributed by atoms with van der Waals surface area (Å²) in [5.74, 6) is 0. The Hall–Kier alpha value is -0.640. The van der Waals surface area contributed by atoms with Crippen molar-refractivity contribution in [3.8, 4) is 10.4 Å². The molecule has 0 amide bonds. The SMILES string of the molecule is NCC1(c2ccc(-c3ccc(Br)cc3)s2)CC1. The molecule has 0 aliphatic heterocycles. The van der Waals surface area contributed by atoms with Crippen LogP contribution < -0.4 is 5.73 Å². The molecule has 1 aromatic carbocycles. The fourth-order valence-corrected chi connectivity index (χ4v) is 3.63. The van der Waals surface area contributed by atoms with E-state index in [0.29, 0.717) is 5.41 Å². The number of hydrogen-bond donors (Lipinski definition) is 1. The zero-order valence-corrected chi connectivity index (χ0v) is 11.9. The zero-order valence-electron chi connectivity index (χ0n) is 9.45. The molecule has 3 rings (SSSR count). The van der Waals surface area contributed by atoms with Gasteiger partial charge in [-0.2, -0.15) is 0 Å². The Labute approximate surface area is 114 Å². The molecule has 1 aromatic heterocycles. The molecule has 17 heavy (non-hydrogen) atoms. The molecule has 0 radical (unpaired) electrons. The maximum atomic E-state index is 5.87. The third-order valence-corrected chi connectivity index (χ3v) is 5.41. The smallest absolute Gasteiger partial charge is 0.0345 e. The highest BCUT2D eigenvalue weighted by molar-refractivity contribution is 9.10. The minimum atomic E-state index is 0.318. The van der Waals surface area contributed by atoms with Crippen LogP contribution in [0, 0.1) is 0 Å². The van der Waals surface area contributed by atoms with Crippen LogP contribution in [0.5, 0.6) is 0 Å². The Morgan fingerprint density at radius 1 is 1.12 bits per heavy atom. The summed E-state index contributed by atoms with van der Waals surface area (Å²) >= 11 is 5.35. The molecular weight excluding hydrogens is 294 g/mol. The molecule has 1 heterocycles. The minimum absolute atomic E-state index is 0.318. The number of nitrogens with two attached hydrogens (primary N) is 1. The van der Waals surface area contributed by atoms with Crippen LogP contribution in [-0.4, -0.2) is 6.54 Å². The first kappa shape index (κ1) is 11.5. The van der Waals surface area contributed by atoms with Crippen molar-refractivity contribution in [3.05, 3.63) is 45.7 Å². The lowest BCUT2D eigenvalue weighted by Crippen LogP contribution is -2.18. The third kappa shape index (κ3) is 2.07. The summed E-state index contributed by atoms with van der Waals surface area (Å²) < 4.78 is 1.12. The standard InChI is InChI=1S/C14H14BrNS/c15-11-3-1-10(2-4-11)12-5-6-13(17-12)14(9-16)7-8-14/h1-6H,7-9,16H2. The summed E-state index contributed by atoms with van der Waals surface area (Å²) in [6.45, 7) is 0.785. The molecule has 1 saturated carbocycles. The Kier molecular flexibility index (Phi) is 2.85. The molecule has 0 bridgehead atoms. The van der Waals surface area contributed by atoms with E-state index < -0.39 is 0 Å². The van der Waals surface area contributed by atoms with Gasteiger partial charge in [0.15, 0.2) is 0 Å². The van der Waals surface area contributed by atoms with Gasteiger partial charge in [-0.25, -0.2) is 0 Å². The lowest BCUT2D eigenvalue weighted by atomic mass is 10.1. The van der Waals surface area contributed by atoms with Crippen molar-refractivity contribution in [1.29, 1.82) is 0 Å². The molecule has 1 nitrogen and oxygen atoms in total. The predicted molar refractivity (Wildman–Crippen MR) is 77.4 cm³/mol. The highest BCUT2D eigenvalue weighted by Gasteiger charge is 2.43. The number of rotatable bonds is 3. The maximum Gasteiger partial charge on any atom is 0.0345 e. The van der Waals surface area contributed by atoms with Gasteiger partial charge < -0.3 is 5.73 Å². The van der Waals surface area contributed by atoms with Crippen molar-refractivity contribution in [3.63, 3.8) is 0 Å². The molecule has 0 spiro atoms. The average Bonchev–Trinajstić information content (AvgIpc) is 3.00. The van der Waals surface area contributed by atoms with E-state index in [1.54, 1.807) is 0 Å². The van der Waals surface area contributed by atoms with E-state index in [-0.39, 0.29) is 0 Å². The Balaban J connectivity index is 1.92. The highest BCUT2D eigenvalue weighted by atomic mass is 79.9. The summed E-state index contributed by atoms with van der Waals surface area (Å²) in [5, 5.41) is 0. The van der Waals surface area contributed by atoms with Crippen molar-refractivity contribution >= 4 is 27.3 Å². The second-order valence-electron chi connectivity index (χ2n) is 4.66. The topological polar surface area (TPSA) is 26.0 Å². The van der Waals surface area contributed by atoms with Crippen molar-refractivity contribution in [1.82, 2.24) is 0 Å². The summed E-state index contributed by atoms with van der Waals surface area (Å²) in [4.78, 5) is 2.80. The first-order chi connectivity index (χ1) is 8.23. The van der Waals surface area contributed by atoms with Gasteiger partial charge in [-0.05, 0) is 42.7 Å². The van der Waals surface area contributed by atoms with E-state index in [1.165, 1.54) is 28.2 Å². The van der Waals surface area contributed by atoms with Crippen LogP contribution in [-0.2, 0) is 5.41 Å². The minimum Gasteiger partial charge on any atom is -0.330 e. The van der Waals surface area contributed by atoms with Gasteiger partial charge in [-0.1, -0.05) is 28.1 Å². The van der Waals surface area contributed by atoms with Crippen LogP contribution >= 0.6 is 27.3 Å². The number of thiophene rings is 1. The molecule has 0 atom stereocenters. The molecule has 2 N–H and O–H groups in total. The van der Waals surface area contributed by atoms with E-state index in [1.807, 2.05) is 11.3 Å². The molecule has 0 saturated heterocycles. The summed E-state index contributed by atoms with van der Waals surface area (Å²) in [5.41, 5.74) is 7.48. The number of hydrogen-bond acceptors (Lipinski definition) is 2. The third-order valence-electron chi connectivity index (χ3n) is 3.50. The number of halogens is 1. The molecule has 3 heteroatoms. The summed E-state index contributed by atoms with van der Waals surface area (Å²) in [7, 11) is 0. The normalized spacial score (nSPS) is 17.1. The first-order valence-electron chi connectivity index (χ1n) is 5.80.